The number of nitrogens with zero attached hydrogens (tertiary/aromatic N) is 1. The Hall–Kier alpha value is -3.99. The molecule has 2 aromatic heterocycles. The SMILES string of the molecule is C[n+]1c2c3c(cccc3c3ccc(-c4ccc[nH]c4=O)cc31)Oc1ccc(F)cc1-2. The maximum absolute atomic E-state index is 14.1. The molecule has 144 valence electrons. The van der Waals surface area contributed by atoms with Crippen LogP contribution in [0.1, 0.15) is 0 Å². The van der Waals surface area contributed by atoms with Gasteiger partial charge in [0.2, 0.25) is 11.2 Å². The molecule has 6 rings (SSSR count). The van der Waals surface area contributed by atoms with Crippen molar-refractivity contribution in [1.82, 2.24) is 4.98 Å². The smallest absolute Gasteiger partial charge is 0.255 e. The molecule has 0 bridgehead atoms. The molecule has 30 heavy (non-hydrogen) atoms. The third-order valence-corrected chi connectivity index (χ3v) is 5.79. The van der Waals surface area contributed by atoms with Gasteiger partial charge in [-0.15, -0.1) is 0 Å². The summed E-state index contributed by atoms with van der Waals surface area (Å²) in [7, 11) is 1.97. The Morgan fingerprint density at radius 3 is 2.67 bits per heavy atom. The Morgan fingerprint density at radius 1 is 0.900 bits per heavy atom. The molecular weight excluding hydrogens is 379 g/mol. The molecule has 0 unspecified atom stereocenters. The average molecular weight is 395 g/mol. The second-order valence-corrected chi connectivity index (χ2v) is 7.47. The molecule has 3 aromatic carbocycles. The first kappa shape index (κ1) is 16.9. The van der Waals surface area contributed by atoms with E-state index in [0.717, 1.165) is 38.7 Å². The van der Waals surface area contributed by atoms with Gasteiger partial charge in [0.1, 0.15) is 24.4 Å². The van der Waals surface area contributed by atoms with Crippen molar-refractivity contribution in [3.8, 4) is 33.9 Å². The van der Waals surface area contributed by atoms with E-state index in [1.807, 2.05) is 55.6 Å². The number of hydrogen-bond donors (Lipinski definition) is 1. The van der Waals surface area contributed by atoms with E-state index in [4.69, 9.17) is 4.74 Å². The summed E-state index contributed by atoms with van der Waals surface area (Å²) < 4.78 is 22.3. The van der Waals surface area contributed by atoms with Crippen molar-refractivity contribution >= 4 is 21.7 Å². The number of aromatic nitrogens is 2. The van der Waals surface area contributed by atoms with Crippen molar-refractivity contribution in [2.24, 2.45) is 7.05 Å². The number of nitrogens with one attached hydrogen (secondary N) is 1. The third-order valence-electron chi connectivity index (χ3n) is 5.79. The van der Waals surface area contributed by atoms with E-state index in [1.165, 1.54) is 12.1 Å². The molecule has 0 saturated carbocycles. The molecular formula is C25H16FN2O2+. The highest BCUT2D eigenvalue weighted by molar-refractivity contribution is 6.13. The van der Waals surface area contributed by atoms with Crippen LogP contribution in [0.5, 0.6) is 11.5 Å². The molecule has 0 radical (unpaired) electrons. The van der Waals surface area contributed by atoms with Gasteiger partial charge in [-0.3, -0.25) is 4.79 Å². The molecule has 0 saturated heterocycles. The zero-order valence-electron chi connectivity index (χ0n) is 16.1. The van der Waals surface area contributed by atoms with Crippen LogP contribution in [-0.4, -0.2) is 4.98 Å². The molecule has 3 heterocycles. The summed E-state index contributed by atoms with van der Waals surface area (Å²) in [6, 6.07) is 20.1. The van der Waals surface area contributed by atoms with Crippen molar-refractivity contribution in [3.63, 3.8) is 0 Å². The van der Waals surface area contributed by atoms with Crippen LogP contribution in [0.25, 0.3) is 44.1 Å². The van der Waals surface area contributed by atoms with E-state index >= 15 is 0 Å². The van der Waals surface area contributed by atoms with Gasteiger partial charge in [-0.1, -0.05) is 18.2 Å². The molecule has 0 aliphatic carbocycles. The van der Waals surface area contributed by atoms with Gasteiger partial charge in [0.25, 0.3) is 5.56 Å². The number of aromatic amines is 1. The molecule has 5 aromatic rings. The minimum absolute atomic E-state index is 0.135. The highest BCUT2D eigenvalue weighted by Crippen LogP contribution is 2.46. The highest BCUT2D eigenvalue weighted by atomic mass is 19.1. The summed E-state index contributed by atoms with van der Waals surface area (Å²) in [4.78, 5) is 15.0. The van der Waals surface area contributed by atoms with E-state index in [0.29, 0.717) is 16.9 Å². The van der Waals surface area contributed by atoms with Crippen molar-refractivity contribution in [1.29, 1.82) is 0 Å². The lowest BCUT2D eigenvalue weighted by Gasteiger charge is -2.20. The summed E-state index contributed by atoms with van der Waals surface area (Å²) >= 11 is 0. The van der Waals surface area contributed by atoms with Crippen LogP contribution < -0.4 is 14.9 Å². The normalized spacial score (nSPS) is 12.1. The highest BCUT2D eigenvalue weighted by Gasteiger charge is 2.30. The molecule has 5 heteroatoms. The zero-order chi connectivity index (χ0) is 20.4. The summed E-state index contributed by atoms with van der Waals surface area (Å²) in [5, 5.41) is 3.02. The quantitative estimate of drug-likeness (QED) is 0.312. The number of halogens is 1. The van der Waals surface area contributed by atoms with E-state index < -0.39 is 0 Å². The fourth-order valence-electron chi connectivity index (χ4n) is 4.44. The van der Waals surface area contributed by atoms with Crippen LogP contribution in [0.4, 0.5) is 4.39 Å². The number of benzene rings is 3. The van der Waals surface area contributed by atoms with Gasteiger partial charge in [0.15, 0.2) is 0 Å². The van der Waals surface area contributed by atoms with E-state index in [9.17, 15) is 9.18 Å². The van der Waals surface area contributed by atoms with Gasteiger partial charge in [0.05, 0.1) is 16.3 Å². The molecule has 4 nitrogen and oxygen atoms in total. The lowest BCUT2D eigenvalue weighted by Crippen LogP contribution is -2.33. The number of pyridine rings is 2. The molecule has 0 spiro atoms. The monoisotopic (exact) mass is 395 g/mol. The van der Waals surface area contributed by atoms with Crippen LogP contribution in [-0.2, 0) is 7.05 Å². The van der Waals surface area contributed by atoms with Gasteiger partial charge < -0.3 is 9.72 Å². The fraction of sp³-hybridized carbons (Fsp3) is 0.0400. The Bertz CT molecular complexity index is 1570. The second kappa shape index (κ2) is 6.00. The fourth-order valence-corrected chi connectivity index (χ4v) is 4.44. The Morgan fingerprint density at radius 2 is 1.80 bits per heavy atom. The average Bonchev–Trinajstić information content (AvgIpc) is 2.76. The van der Waals surface area contributed by atoms with Crippen LogP contribution in [0, 0.1) is 5.82 Å². The van der Waals surface area contributed by atoms with Crippen LogP contribution in [0.3, 0.4) is 0 Å². The van der Waals surface area contributed by atoms with E-state index in [2.05, 4.69) is 9.55 Å². The molecule has 0 fully saturated rings. The first-order valence-corrected chi connectivity index (χ1v) is 9.66. The van der Waals surface area contributed by atoms with Crippen LogP contribution >= 0.6 is 0 Å². The van der Waals surface area contributed by atoms with Gasteiger partial charge in [-0.05, 0) is 48.0 Å². The van der Waals surface area contributed by atoms with Gasteiger partial charge in [0, 0.05) is 23.2 Å². The van der Waals surface area contributed by atoms with E-state index in [-0.39, 0.29) is 11.4 Å². The number of rotatable bonds is 1. The van der Waals surface area contributed by atoms with Crippen molar-refractivity contribution in [3.05, 3.63) is 89.1 Å². The Labute approximate surface area is 170 Å². The molecule has 1 N–H and O–H groups in total. The summed E-state index contributed by atoms with van der Waals surface area (Å²) in [6.07, 6.45) is 1.62. The summed E-state index contributed by atoms with van der Waals surface area (Å²) in [5.41, 5.74) is 3.86. The third kappa shape index (κ3) is 2.26. The van der Waals surface area contributed by atoms with Crippen molar-refractivity contribution < 1.29 is 13.7 Å². The molecule has 1 aliphatic heterocycles. The predicted molar refractivity (Wildman–Crippen MR) is 114 cm³/mol. The lowest BCUT2D eigenvalue weighted by molar-refractivity contribution is -0.632. The number of H-pyrrole nitrogens is 1. The standard InChI is InChI=1S/C25H15FN2O2/c1-28-20-12-14(16-5-3-11-27-25(16)29)7-9-17(20)18-4-2-6-22-23(18)24(28)19-13-15(26)8-10-21(19)30-22/h2-13H,1H3/p+1. The summed E-state index contributed by atoms with van der Waals surface area (Å²) in [5.74, 6) is 1.07. The van der Waals surface area contributed by atoms with E-state index in [1.54, 1.807) is 12.3 Å². The Balaban J connectivity index is 1.77. The van der Waals surface area contributed by atoms with Gasteiger partial charge in [-0.2, -0.15) is 4.57 Å². The van der Waals surface area contributed by atoms with Gasteiger partial charge in [-0.25, -0.2) is 4.39 Å². The first-order valence-electron chi connectivity index (χ1n) is 9.66. The maximum atomic E-state index is 14.1. The zero-order valence-corrected chi connectivity index (χ0v) is 16.1. The first-order chi connectivity index (χ1) is 14.6. The predicted octanol–water partition coefficient (Wildman–Crippen LogP) is 5.08. The number of hydrogen-bond acceptors (Lipinski definition) is 2. The second-order valence-electron chi connectivity index (χ2n) is 7.47. The molecule has 0 atom stereocenters. The minimum atomic E-state index is -0.311. The maximum Gasteiger partial charge on any atom is 0.255 e. The lowest BCUT2D eigenvalue weighted by atomic mass is 9.95. The van der Waals surface area contributed by atoms with Gasteiger partial charge >= 0.3 is 0 Å². The van der Waals surface area contributed by atoms with Crippen molar-refractivity contribution in [2.45, 2.75) is 0 Å². The number of aryl methyl sites for hydroxylation is 1. The largest absolute Gasteiger partial charge is 0.456 e. The number of fused-ring (bicyclic) bond motifs is 4. The van der Waals surface area contributed by atoms with Crippen LogP contribution in [0.15, 0.2) is 77.7 Å². The topological polar surface area (TPSA) is 46.0 Å². The minimum Gasteiger partial charge on any atom is -0.456 e. The molecule has 0 amide bonds. The van der Waals surface area contributed by atoms with Crippen LogP contribution in [0.2, 0.25) is 0 Å². The van der Waals surface area contributed by atoms with Crippen molar-refractivity contribution in [2.75, 3.05) is 0 Å². The Kier molecular flexibility index (Phi) is 3.39. The molecule has 1 aliphatic rings. The number of ether oxygens (including phenoxy) is 1. The summed E-state index contributed by atoms with van der Waals surface area (Å²) in [6.45, 7) is 0.